The number of carbonyl (C=O) groups is 1. The number of amides is 1. The van der Waals surface area contributed by atoms with E-state index in [1.54, 1.807) is 7.05 Å². The Labute approximate surface area is 124 Å². The minimum Gasteiger partial charge on any atom is -0.350 e. The Bertz CT molecular complexity index is 604. The van der Waals surface area contributed by atoms with Crippen LogP contribution in [-0.2, 0) is 21.9 Å². The minimum absolute atomic E-state index is 0.00748. The van der Waals surface area contributed by atoms with Crippen molar-refractivity contribution in [1.29, 1.82) is 0 Å². The molecule has 1 rings (SSSR count). The molecule has 0 unspecified atom stereocenters. The van der Waals surface area contributed by atoms with Gasteiger partial charge in [-0.25, -0.2) is 13.4 Å². The molecule has 0 aliphatic carbocycles. The van der Waals surface area contributed by atoms with Crippen molar-refractivity contribution in [3.05, 3.63) is 11.5 Å². The van der Waals surface area contributed by atoms with Crippen LogP contribution in [0.15, 0.2) is 11.4 Å². The Morgan fingerprint density at radius 3 is 2.45 bits per heavy atom. The van der Waals surface area contributed by atoms with Gasteiger partial charge >= 0.3 is 0 Å². The molecule has 7 nitrogen and oxygen atoms in total. The van der Waals surface area contributed by atoms with Crippen LogP contribution in [-0.4, -0.2) is 47.3 Å². The largest absolute Gasteiger partial charge is 0.350 e. The molecule has 1 aromatic heterocycles. The monoisotopic (exact) mass is 322 g/mol. The summed E-state index contributed by atoms with van der Waals surface area (Å²) in [6.45, 7) is 5.14. The van der Waals surface area contributed by atoms with E-state index in [0.29, 0.717) is 0 Å². The summed E-state index contributed by atoms with van der Waals surface area (Å²) in [6.07, 6.45) is 1.30. The summed E-state index contributed by atoms with van der Waals surface area (Å²) in [5, 5.41) is 2.44. The van der Waals surface area contributed by atoms with Crippen LogP contribution < -0.4 is 5.32 Å². The molecule has 9 heteroatoms. The van der Waals surface area contributed by atoms with Crippen LogP contribution >= 0.6 is 11.6 Å². The lowest BCUT2D eigenvalue weighted by molar-refractivity contribution is -0.122. The summed E-state index contributed by atoms with van der Waals surface area (Å²) in [5.41, 5.74) is -0.426. The van der Waals surface area contributed by atoms with Crippen LogP contribution in [0.1, 0.15) is 20.8 Å². The minimum atomic E-state index is -3.89. The lowest BCUT2D eigenvalue weighted by Gasteiger charge is -2.22. The van der Waals surface area contributed by atoms with Gasteiger partial charge in [-0.05, 0) is 20.8 Å². The topological polar surface area (TPSA) is 84.3 Å². The molecule has 114 valence electrons. The highest BCUT2D eigenvalue weighted by Gasteiger charge is 2.29. The number of hydrogen-bond donors (Lipinski definition) is 1. The van der Waals surface area contributed by atoms with Gasteiger partial charge in [-0.15, -0.1) is 0 Å². The van der Waals surface area contributed by atoms with Gasteiger partial charge < -0.3 is 9.88 Å². The maximum atomic E-state index is 12.3. The summed E-state index contributed by atoms with van der Waals surface area (Å²) in [5.74, 6) is -0.393. The van der Waals surface area contributed by atoms with Crippen molar-refractivity contribution in [2.24, 2.45) is 7.05 Å². The quantitative estimate of drug-likeness (QED) is 0.880. The Kier molecular flexibility index (Phi) is 4.83. The smallest absolute Gasteiger partial charge is 0.263 e. The molecule has 0 radical (unpaired) electrons. The first-order valence-corrected chi connectivity index (χ1v) is 7.71. The maximum Gasteiger partial charge on any atom is 0.263 e. The number of sulfonamides is 1. The van der Waals surface area contributed by atoms with Crippen LogP contribution in [0.25, 0.3) is 0 Å². The highest BCUT2D eigenvalue weighted by molar-refractivity contribution is 7.89. The van der Waals surface area contributed by atoms with E-state index in [2.05, 4.69) is 10.3 Å². The van der Waals surface area contributed by atoms with Crippen molar-refractivity contribution in [2.75, 3.05) is 13.6 Å². The number of nitrogens with one attached hydrogen (secondary N) is 1. The molecule has 0 aromatic carbocycles. The molecule has 0 bridgehead atoms. The summed E-state index contributed by atoms with van der Waals surface area (Å²) in [6, 6.07) is 0. The van der Waals surface area contributed by atoms with Crippen molar-refractivity contribution in [3.8, 4) is 0 Å². The molecule has 0 fully saturated rings. The van der Waals surface area contributed by atoms with Crippen LogP contribution in [0.5, 0.6) is 0 Å². The zero-order valence-electron chi connectivity index (χ0n) is 12.1. The van der Waals surface area contributed by atoms with Gasteiger partial charge in [0, 0.05) is 19.6 Å². The third kappa shape index (κ3) is 3.94. The Balaban J connectivity index is 2.89. The number of imidazole rings is 1. The number of aryl methyl sites for hydroxylation is 1. The molecule has 0 saturated heterocycles. The van der Waals surface area contributed by atoms with Gasteiger partial charge in [0.15, 0.2) is 0 Å². The second kappa shape index (κ2) is 5.71. The van der Waals surface area contributed by atoms with E-state index in [1.165, 1.54) is 17.9 Å². The van der Waals surface area contributed by atoms with Gasteiger partial charge in [0.1, 0.15) is 5.15 Å². The standard InChI is InChI=1S/C11H19ClN4O3S/c1-11(2,3)14-8(17)6-16(5)20(18,19)10-9(12)15(4)7-13-10/h7H,6H2,1-5H3,(H,14,17). The number of hydrogen-bond acceptors (Lipinski definition) is 4. The third-order valence-electron chi connectivity index (χ3n) is 2.37. The highest BCUT2D eigenvalue weighted by Crippen LogP contribution is 2.21. The van der Waals surface area contributed by atoms with Gasteiger partial charge in [-0.2, -0.15) is 4.31 Å². The number of likely N-dealkylation sites (N-methyl/N-ethyl adjacent to an activating group) is 1. The molecule has 1 N–H and O–H groups in total. The van der Waals surface area contributed by atoms with E-state index in [9.17, 15) is 13.2 Å². The van der Waals surface area contributed by atoms with Crippen LogP contribution in [0.4, 0.5) is 0 Å². The lowest BCUT2D eigenvalue weighted by atomic mass is 10.1. The molecular formula is C11H19ClN4O3S. The second-order valence-electron chi connectivity index (χ2n) is 5.51. The first kappa shape index (κ1) is 16.9. The second-order valence-corrected chi connectivity index (χ2v) is 7.83. The molecule has 1 amide bonds. The predicted octanol–water partition coefficient (Wildman–Crippen LogP) is 0.609. The van der Waals surface area contributed by atoms with Gasteiger partial charge in [0.05, 0.1) is 12.9 Å². The summed E-state index contributed by atoms with van der Waals surface area (Å²) >= 11 is 5.87. The fourth-order valence-corrected chi connectivity index (χ4v) is 2.96. The predicted molar refractivity (Wildman–Crippen MR) is 75.9 cm³/mol. The van der Waals surface area contributed by atoms with E-state index in [4.69, 9.17) is 11.6 Å². The van der Waals surface area contributed by atoms with Crippen LogP contribution in [0, 0.1) is 0 Å². The van der Waals surface area contributed by atoms with E-state index in [1.807, 2.05) is 20.8 Å². The Morgan fingerprint density at radius 2 is 2.05 bits per heavy atom. The SMILES string of the molecule is CN(CC(=O)NC(C)(C)C)S(=O)(=O)c1ncn(C)c1Cl. The summed E-state index contributed by atoms with van der Waals surface area (Å²) in [7, 11) is -0.999. The van der Waals surface area contributed by atoms with Crippen molar-refractivity contribution in [1.82, 2.24) is 19.2 Å². The number of halogens is 1. The fourth-order valence-electron chi connectivity index (χ4n) is 1.46. The molecule has 1 aromatic rings. The maximum absolute atomic E-state index is 12.3. The molecule has 0 saturated carbocycles. The van der Waals surface area contributed by atoms with Crippen molar-refractivity contribution in [2.45, 2.75) is 31.3 Å². The molecule has 0 aliphatic heterocycles. The van der Waals surface area contributed by atoms with Gasteiger partial charge in [0.2, 0.25) is 10.9 Å². The number of carbonyl (C=O) groups excluding carboxylic acids is 1. The lowest BCUT2D eigenvalue weighted by Crippen LogP contribution is -2.46. The molecule has 1 heterocycles. The highest BCUT2D eigenvalue weighted by atomic mass is 35.5. The van der Waals surface area contributed by atoms with Gasteiger partial charge in [-0.1, -0.05) is 11.6 Å². The fraction of sp³-hybridized carbons (Fsp3) is 0.636. The zero-order valence-corrected chi connectivity index (χ0v) is 13.7. The van der Waals surface area contributed by atoms with Crippen molar-refractivity contribution >= 4 is 27.5 Å². The number of aromatic nitrogens is 2. The Morgan fingerprint density at radius 1 is 1.50 bits per heavy atom. The average Bonchev–Trinajstić information content (AvgIpc) is 2.57. The van der Waals surface area contributed by atoms with Gasteiger partial charge in [-0.3, -0.25) is 4.79 Å². The molecule has 0 spiro atoms. The average molecular weight is 323 g/mol. The molecule has 0 atom stereocenters. The summed E-state index contributed by atoms with van der Waals surface area (Å²) < 4.78 is 26.8. The normalized spacial score (nSPS) is 12.8. The van der Waals surface area contributed by atoms with Crippen molar-refractivity contribution in [3.63, 3.8) is 0 Å². The third-order valence-corrected chi connectivity index (χ3v) is 4.66. The summed E-state index contributed by atoms with van der Waals surface area (Å²) in [4.78, 5) is 15.5. The number of rotatable bonds is 4. The van der Waals surface area contributed by atoms with Crippen molar-refractivity contribution < 1.29 is 13.2 Å². The van der Waals surface area contributed by atoms with Crippen LogP contribution in [0.2, 0.25) is 5.15 Å². The van der Waals surface area contributed by atoms with E-state index >= 15 is 0 Å². The van der Waals surface area contributed by atoms with E-state index < -0.39 is 21.5 Å². The molecule has 0 aliphatic rings. The Hall–Kier alpha value is -1.12. The van der Waals surface area contributed by atoms with E-state index in [0.717, 1.165) is 4.31 Å². The number of nitrogens with zero attached hydrogens (tertiary/aromatic N) is 3. The molecule has 20 heavy (non-hydrogen) atoms. The first-order chi connectivity index (χ1) is 8.95. The zero-order chi connectivity index (χ0) is 15.7. The molecular weight excluding hydrogens is 304 g/mol. The van der Waals surface area contributed by atoms with Gasteiger partial charge in [0.25, 0.3) is 10.0 Å². The van der Waals surface area contributed by atoms with Crippen LogP contribution in [0.3, 0.4) is 0 Å². The van der Waals surface area contributed by atoms with E-state index in [-0.39, 0.29) is 16.7 Å². The first-order valence-electron chi connectivity index (χ1n) is 5.89.